The molecule has 2 aliphatic heterocycles. The molecular weight excluding hydrogens is 505 g/mol. The molecule has 2 atom stereocenters. The van der Waals surface area contributed by atoms with Crippen molar-refractivity contribution in [3.05, 3.63) is 18.3 Å². The lowest BCUT2D eigenvalue weighted by Crippen LogP contribution is -2.44. The van der Waals surface area contributed by atoms with Crippen LogP contribution in [0.3, 0.4) is 0 Å². The van der Waals surface area contributed by atoms with Crippen molar-refractivity contribution in [1.29, 1.82) is 0 Å². The minimum absolute atomic E-state index is 0.000185. The van der Waals surface area contributed by atoms with Crippen LogP contribution in [0.15, 0.2) is 18.3 Å². The molecule has 0 aromatic carbocycles. The minimum atomic E-state index is -5.94. The summed E-state index contributed by atoms with van der Waals surface area (Å²) in [5.74, 6) is -0.271. The van der Waals surface area contributed by atoms with Crippen molar-refractivity contribution in [2.75, 3.05) is 31.3 Å². The predicted molar refractivity (Wildman–Crippen MR) is 122 cm³/mol. The van der Waals surface area contributed by atoms with E-state index in [9.17, 15) is 21.6 Å². The summed E-state index contributed by atoms with van der Waals surface area (Å²) in [5, 5.41) is 8.87. The third kappa shape index (κ3) is 4.39. The summed E-state index contributed by atoms with van der Waals surface area (Å²) in [4.78, 5) is 6.54. The van der Waals surface area contributed by atoms with Gasteiger partial charge in [0.15, 0.2) is 12.0 Å². The van der Waals surface area contributed by atoms with Crippen LogP contribution in [0.2, 0.25) is 0 Å². The summed E-state index contributed by atoms with van der Waals surface area (Å²) in [6, 6.07) is 2.75. The number of hydrogen-bond acceptors (Lipinski definition) is 9. The van der Waals surface area contributed by atoms with Gasteiger partial charge in [-0.25, -0.2) is 9.67 Å². The van der Waals surface area contributed by atoms with E-state index in [1.54, 1.807) is 16.9 Å². The van der Waals surface area contributed by atoms with E-state index in [1.807, 2.05) is 11.8 Å². The molecule has 5 rings (SSSR count). The number of alkyl halides is 3. The van der Waals surface area contributed by atoms with Crippen LogP contribution in [0.5, 0.6) is 5.75 Å². The summed E-state index contributed by atoms with van der Waals surface area (Å²) < 4.78 is 82.5. The summed E-state index contributed by atoms with van der Waals surface area (Å²) in [7, 11) is -4.46. The Morgan fingerprint density at radius 3 is 2.72 bits per heavy atom. The van der Waals surface area contributed by atoms with Crippen molar-refractivity contribution in [2.24, 2.45) is 7.05 Å². The van der Waals surface area contributed by atoms with Gasteiger partial charge < -0.3 is 18.6 Å². The number of hydrogen-bond donors (Lipinski definition) is 0. The zero-order valence-electron chi connectivity index (χ0n) is 19.6. The maximum absolute atomic E-state index is 13.2. The molecule has 5 heterocycles. The van der Waals surface area contributed by atoms with Crippen molar-refractivity contribution in [1.82, 2.24) is 24.5 Å². The second-order valence-corrected chi connectivity index (χ2v) is 10.3. The Labute approximate surface area is 204 Å². The summed E-state index contributed by atoms with van der Waals surface area (Å²) in [5.41, 5.74) is -4.57. The SMILES string of the molecule is CC1COCCN1c1cc(OS(=O)(=O)C(F)(F)F)c2c(n1)c(-c1ccnn1C1CCCCO1)nn2C. The van der Waals surface area contributed by atoms with Gasteiger partial charge in [0, 0.05) is 32.5 Å². The summed E-state index contributed by atoms with van der Waals surface area (Å²) >= 11 is 0. The van der Waals surface area contributed by atoms with Gasteiger partial charge in [0.05, 0.1) is 24.9 Å². The number of rotatable bonds is 5. The Morgan fingerprint density at radius 2 is 2.03 bits per heavy atom. The lowest BCUT2D eigenvalue weighted by Gasteiger charge is -2.34. The van der Waals surface area contributed by atoms with E-state index in [0.29, 0.717) is 37.8 Å². The molecule has 2 saturated heterocycles. The van der Waals surface area contributed by atoms with Crippen molar-refractivity contribution in [3.8, 4) is 17.1 Å². The van der Waals surface area contributed by atoms with Crippen LogP contribution in [0.4, 0.5) is 19.0 Å². The molecule has 2 aliphatic rings. The normalized spacial score (nSPS) is 21.8. The van der Waals surface area contributed by atoms with E-state index in [0.717, 1.165) is 19.3 Å². The zero-order chi connectivity index (χ0) is 25.7. The Hall–Kier alpha value is -2.91. The van der Waals surface area contributed by atoms with Crippen LogP contribution in [-0.2, 0) is 26.6 Å². The largest absolute Gasteiger partial charge is 0.534 e. The Kier molecular flexibility index (Phi) is 6.32. The topological polar surface area (TPSA) is 114 Å². The second kappa shape index (κ2) is 9.19. The van der Waals surface area contributed by atoms with E-state index in [4.69, 9.17) is 14.5 Å². The highest BCUT2D eigenvalue weighted by molar-refractivity contribution is 7.88. The molecule has 3 aromatic rings. The standard InChI is InChI=1S/C21H25F3N6O5S/c1-13-12-33-10-8-29(13)16-11-15(35-36(31,32)21(22,23)24)20-19(26-16)18(27-28(20)2)14-6-7-25-30(14)17-5-3-4-9-34-17/h6-7,11,13,17H,3-5,8-10,12H2,1-2H3. The number of anilines is 1. The molecule has 36 heavy (non-hydrogen) atoms. The third-order valence-corrected chi connectivity index (χ3v) is 7.19. The number of nitrogens with zero attached hydrogens (tertiary/aromatic N) is 6. The van der Waals surface area contributed by atoms with Crippen LogP contribution < -0.4 is 9.08 Å². The molecule has 15 heteroatoms. The predicted octanol–water partition coefficient (Wildman–Crippen LogP) is 2.98. The molecule has 3 aromatic heterocycles. The lowest BCUT2D eigenvalue weighted by molar-refractivity contribution is -0.0499. The molecular formula is C21H25F3N6O5S. The first kappa shape index (κ1) is 24.8. The highest BCUT2D eigenvalue weighted by Crippen LogP contribution is 2.39. The van der Waals surface area contributed by atoms with Crippen LogP contribution in [-0.4, -0.2) is 70.9 Å². The van der Waals surface area contributed by atoms with Crippen LogP contribution in [0, 0.1) is 0 Å². The Balaban J connectivity index is 1.70. The number of ether oxygens (including phenoxy) is 2. The van der Waals surface area contributed by atoms with Gasteiger partial charge in [0.2, 0.25) is 0 Å². The molecule has 196 valence electrons. The van der Waals surface area contributed by atoms with Crippen molar-refractivity contribution >= 4 is 27.0 Å². The maximum Gasteiger partial charge on any atom is 0.534 e. The average molecular weight is 531 g/mol. The van der Waals surface area contributed by atoms with Gasteiger partial charge in [-0.05, 0) is 32.3 Å². The first-order chi connectivity index (χ1) is 17.1. The van der Waals surface area contributed by atoms with Gasteiger partial charge in [0.25, 0.3) is 0 Å². The van der Waals surface area contributed by atoms with Gasteiger partial charge in [0.1, 0.15) is 22.5 Å². The van der Waals surface area contributed by atoms with Crippen molar-refractivity contribution in [3.63, 3.8) is 0 Å². The molecule has 0 saturated carbocycles. The minimum Gasteiger partial charge on any atom is -0.377 e. The number of aryl methyl sites for hydroxylation is 1. The quantitative estimate of drug-likeness (QED) is 0.363. The van der Waals surface area contributed by atoms with E-state index < -0.39 is 21.4 Å². The Bertz CT molecular complexity index is 1370. The summed E-state index contributed by atoms with van der Waals surface area (Å²) in [6.45, 7) is 3.62. The number of halogens is 3. The fourth-order valence-corrected chi connectivity index (χ4v) is 4.95. The molecule has 0 amide bonds. The monoisotopic (exact) mass is 530 g/mol. The molecule has 2 unspecified atom stereocenters. The van der Waals surface area contributed by atoms with Gasteiger partial charge in [-0.2, -0.15) is 31.8 Å². The van der Waals surface area contributed by atoms with Gasteiger partial charge in [-0.1, -0.05) is 0 Å². The maximum atomic E-state index is 13.2. The van der Waals surface area contributed by atoms with Gasteiger partial charge >= 0.3 is 15.6 Å². The van der Waals surface area contributed by atoms with E-state index in [2.05, 4.69) is 14.4 Å². The Morgan fingerprint density at radius 1 is 1.22 bits per heavy atom. The van der Waals surface area contributed by atoms with Crippen molar-refractivity contribution in [2.45, 2.75) is 44.0 Å². The smallest absolute Gasteiger partial charge is 0.377 e. The number of pyridine rings is 1. The second-order valence-electron chi connectivity index (χ2n) is 8.73. The fraction of sp³-hybridized carbons (Fsp3) is 0.571. The van der Waals surface area contributed by atoms with Gasteiger partial charge in [-0.3, -0.25) is 4.68 Å². The van der Waals surface area contributed by atoms with Crippen molar-refractivity contribution < 1.29 is 35.2 Å². The summed E-state index contributed by atoms with van der Waals surface area (Å²) in [6.07, 6.45) is 3.88. The highest BCUT2D eigenvalue weighted by Gasteiger charge is 2.49. The molecule has 2 fully saturated rings. The third-order valence-electron chi connectivity index (χ3n) is 6.23. The van der Waals surface area contributed by atoms with Crippen LogP contribution in [0.25, 0.3) is 22.4 Å². The van der Waals surface area contributed by atoms with E-state index >= 15 is 0 Å². The molecule has 0 radical (unpaired) electrons. The van der Waals surface area contributed by atoms with Crippen LogP contribution in [0.1, 0.15) is 32.4 Å². The number of fused-ring (bicyclic) bond motifs is 1. The zero-order valence-corrected chi connectivity index (χ0v) is 20.4. The lowest BCUT2D eigenvalue weighted by atomic mass is 10.1. The highest BCUT2D eigenvalue weighted by atomic mass is 32.2. The fourth-order valence-electron chi connectivity index (χ4n) is 4.49. The number of aromatic nitrogens is 5. The van der Waals surface area contributed by atoms with Gasteiger partial charge in [-0.15, -0.1) is 0 Å². The molecule has 11 nitrogen and oxygen atoms in total. The molecule has 0 N–H and O–H groups in total. The van der Waals surface area contributed by atoms with E-state index in [-0.39, 0.29) is 29.1 Å². The first-order valence-corrected chi connectivity index (χ1v) is 12.9. The molecule has 0 aliphatic carbocycles. The number of morpholine rings is 1. The average Bonchev–Trinajstić information content (AvgIpc) is 3.43. The van der Waals surface area contributed by atoms with Crippen LogP contribution >= 0.6 is 0 Å². The van der Waals surface area contributed by atoms with E-state index in [1.165, 1.54) is 17.8 Å². The molecule has 0 spiro atoms. The molecule has 0 bridgehead atoms. The first-order valence-electron chi connectivity index (χ1n) is 11.4.